The molecule has 1 aromatic carbocycles. The molecular formula is C25H24N6O. The van der Waals surface area contributed by atoms with E-state index < -0.39 is 0 Å². The van der Waals surface area contributed by atoms with Crippen LogP contribution in [0.2, 0.25) is 0 Å². The van der Waals surface area contributed by atoms with Gasteiger partial charge in [-0.2, -0.15) is 5.26 Å². The number of fused-ring (bicyclic) bond motifs is 1. The molecule has 0 radical (unpaired) electrons. The van der Waals surface area contributed by atoms with Gasteiger partial charge in [-0.25, -0.2) is 9.97 Å². The second kappa shape index (κ2) is 8.75. The van der Waals surface area contributed by atoms with Gasteiger partial charge in [-0.15, -0.1) is 0 Å². The number of anilines is 1. The molecule has 2 aromatic heterocycles. The number of nitriles is 1. The summed E-state index contributed by atoms with van der Waals surface area (Å²) in [6.45, 7) is 3.01. The van der Waals surface area contributed by atoms with Crippen molar-refractivity contribution >= 4 is 11.7 Å². The number of piperidine rings is 1. The molecule has 7 heteroatoms. The van der Waals surface area contributed by atoms with Crippen LogP contribution >= 0.6 is 0 Å². The van der Waals surface area contributed by atoms with Crippen molar-refractivity contribution in [2.45, 2.75) is 32.2 Å². The first-order valence-corrected chi connectivity index (χ1v) is 11.1. The Balaban J connectivity index is 1.51. The van der Waals surface area contributed by atoms with Crippen LogP contribution in [0.5, 0.6) is 0 Å². The summed E-state index contributed by atoms with van der Waals surface area (Å²) < 4.78 is 0. The Bertz CT molecular complexity index is 1180. The average Bonchev–Trinajstić information content (AvgIpc) is 2.88. The van der Waals surface area contributed by atoms with Crippen LogP contribution in [0.4, 0.5) is 5.82 Å². The Morgan fingerprint density at radius 2 is 1.81 bits per heavy atom. The fraction of sp³-hybridized carbons (Fsp3) is 0.320. The molecule has 0 atom stereocenters. The van der Waals surface area contributed by atoms with E-state index in [1.165, 1.54) is 6.42 Å². The third-order valence-electron chi connectivity index (χ3n) is 6.16. The van der Waals surface area contributed by atoms with Gasteiger partial charge in [0, 0.05) is 55.1 Å². The van der Waals surface area contributed by atoms with Gasteiger partial charge in [0.1, 0.15) is 5.82 Å². The molecule has 0 aliphatic carbocycles. The monoisotopic (exact) mass is 424 g/mol. The molecule has 32 heavy (non-hydrogen) atoms. The summed E-state index contributed by atoms with van der Waals surface area (Å²) >= 11 is 0. The number of benzene rings is 1. The molecule has 0 saturated carbocycles. The van der Waals surface area contributed by atoms with Crippen LogP contribution in [0, 0.1) is 11.3 Å². The Morgan fingerprint density at radius 3 is 2.59 bits per heavy atom. The lowest BCUT2D eigenvalue weighted by Gasteiger charge is -2.34. The van der Waals surface area contributed by atoms with Crippen LogP contribution in [-0.2, 0) is 13.0 Å². The van der Waals surface area contributed by atoms with E-state index in [0.29, 0.717) is 36.5 Å². The van der Waals surface area contributed by atoms with Gasteiger partial charge < -0.3 is 9.80 Å². The minimum Gasteiger partial charge on any atom is -0.356 e. The summed E-state index contributed by atoms with van der Waals surface area (Å²) in [4.78, 5) is 31.4. The molecule has 2 aliphatic heterocycles. The fourth-order valence-electron chi connectivity index (χ4n) is 4.47. The number of carbonyl (C=O) groups excluding carboxylic acids is 1. The van der Waals surface area contributed by atoms with Gasteiger partial charge in [0.05, 0.1) is 23.9 Å². The number of carbonyl (C=O) groups is 1. The van der Waals surface area contributed by atoms with Crippen molar-refractivity contribution in [1.29, 1.82) is 5.26 Å². The third-order valence-corrected chi connectivity index (χ3v) is 6.16. The molecule has 2 aliphatic rings. The fourth-order valence-corrected chi connectivity index (χ4v) is 4.47. The summed E-state index contributed by atoms with van der Waals surface area (Å²) in [7, 11) is 0. The molecule has 4 heterocycles. The van der Waals surface area contributed by atoms with Crippen LogP contribution in [0.25, 0.3) is 11.4 Å². The van der Waals surface area contributed by atoms with E-state index in [1.54, 1.807) is 36.7 Å². The minimum absolute atomic E-state index is 0.0597. The molecule has 1 amide bonds. The second-order valence-electron chi connectivity index (χ2n) is 8.25. The zero-order valence-electron chi connectivity index (χ0n) is 17.9. The van der Waals surface area contributed by atoms with Crippen molar-refractivity contribution in [2.75, 3.05) is 24.5 Å². The van der Waals surface area contributed by atoms with Crippen LogP contribution in [0.3, 0.4) is 0 Å². The van der Waals surface area contributed by atoms with Crippen LogP contribution < -0.4 is 4.90 Å². The topological polar surface area (TPSA) is 86.0 Å². The van der Waals surface area contributed by atoms with Crippen LogP contribution in [0.15, 0.2) is 48.8 Å². The van der Waals surface area contributed by atoms with Gasteiger partial charge in [-0.05, 0) is 49.6 Å². The normalized spacial score (nSPS) is 15.7. The highest BCUT2D eigenvalue weighted by molar-refractivity contribution is 5.94. The maximum absolute atomic E-state index is 13.2. The molecule has 0 unspecified atom stereocenters. The standard InChI is InChI=1S/C25H24N6O/c26-16-18-5-4-6-20(15-18)25(32)31-14-9-22-21(17-31)24(30-12-2-1-3-13-30)29-23(28-22)19-7-10-27-11-8-19/h4-8,10-11,15H,1-3,9,12-14,17H2. The number of pyridine rings is 1. The average molecular weight is 425 g/mol. The first-order valence-electron chi connectivity index (χ1n) is 11.1. The summed E-state index contributed by atoms with van der Waals surface area (Å²) in [5, 5.41) is 9.18. The van der Waals surface area contributed by atoms with Gasteiger partial charge in [0.25, 0.3) is 5.91 Å². The van der Waals surface area contributed by atoms with E-state index in [0.717, 1.165) is 48.6 Å². The Kier molecular flexibility index (Phi) is 5.51. The molecular weight excluding hydrogens is 400 g/mol. The number of aromatic nitrogens is 3. The van der Waals surface area contributed by atoms with Crippen molar-refractivity contribution in [2.24, 2.45) is 0 Å². The van der Waals surface area contributed by atoms with Crippen molar-refractivity contribution in [3.8, 4) is 17.5 Å². The van der Waals surface area contributed by atoms with E-state index >= 15 is 0 Å². The molecule has 0 bridgehead atoms. The van der Waals surface area contributed by atoms with E-state index in [1.807, 2.05) is 17.0 Å². The first-order chi connectivity index (χ1) is 15.7. The quantitative estimate of drug-likeness (QED) is 0.639. The number of nitrogens with zero attached hydrogens (tertiary/aromatic N) is 6. The predicted molar refractivity (Wildman–Crippen MR) is 121 cm³/mol. The van der Waals surface area contributed by atoms with Crippen molar-refractivity contribution in [3.63, 3.8) is 0 Å². The van der Waals surface area contributed by atoms with Crippen molar-refractivity contribution in [3.05, 3.63) is 71.2 Å². The Hall–Kier alpha value is -3.79. The van der Waals surface area contributed by atoms with Gasteiger partial charge in [0.2, 0.25) is 0 Å². The largest absolute Gasteiger partial charge is 0.356 e. The SMILES string of the molecule is N#Cc1cccc(C(=O)N2CCc3nc(-c4ccncc4)nc(N4CCCCC4)c3C2)c1. The molecule has 0 spiro atoms. The van der Waals surface area contributed by atoms with Crippen LogP contribution in [0.1, 0.15) is 46.4 Å². The lowest BCUT2D eigenvalue weighted by atomic mass is 10.0. The summed E-state index contributed by atoms with van der Waals surface area (Å²) in [5.41, 5.74) is 4.05. The highest BCUT2D eigenvalue weighted by atomic mass is 16.2. The van der Waals surface area contributed by atoms with Crippen molar-refractivity contribution < 1.29 is 4.79 Å². The lowest BCUT2D eigenvalue weighted by Crippen LogP contribution is -2.39. The van der Waals surface area contributed by atoms with E-state index in [9.17, 15) is 10.1 Å². The maximum atomic E-state index is 13.2. The first kappa shape index (κ1) is 20.1. The molecule has 7 nitrogen and oxygen atoms in total. The predicted octanol–water partition coefficient (Wildman–Crippen LogP) is 3.60. The Labute approximate surface area is 187 Å². The molecule has 1 saturated heterocycles. The van der Waals surface area contributed by atoms with Crippen molar-refractivity contribution in [1.82, 2.24) is 19.9 Å². The molecule has 160 valence electrons. The van der Waals surface area contributed by atoms with Crippen LogP contribution in [-0.4, -0.2) is 45.4 Å². The summed E-state index contributed by atoms with van der Waals surface area (Å²) in [6, 6.07) is 12.9. The zero-order valence-corrected chi connectivity index (χ0v) is 17.9. The van der Waals surface area contributed by atoms with E-state index in [4.69, 9.17) is 9.97 Å². The third kappa shape index (κ3) is 3.92. The van der Waals surface area contributed by atoms with Gasteiger partial charge in [-0.1, -0.05) is 6.07 Å². The minimum atomic E-state index is -0.0597. The summed E-state index contributed by atoms with van der Waals surface area (Å²) in [6.07, 6.45) is 7.73. The molecule has 0 N–H and O–H groups in total. The lowest BCUT2D eigenvalue weighted by molar-refractivity contribution is 0.0733. The number of hydrogen-bond donors (Lipinski definition) is 0. The molecule has 3 aromatic rings. The highest BCUT2D eigenvalue weighted by Gasteiger charge is 2.29. The van der Waals surface area contributed by atoms with E-state index in [-0.39, 0.29) is 5.91 Å². The smallest absolute Gasteiger partial charge is 0.254 e. The maximum Gasteiger partial charge on any atom is 0.254 e. The zero-order chi connectivity index (χ0) is 21.9. The summed E-state index contributed by atoms with van der Waals surface area (Å²) in [5.74, 6) is 1.61. The van der Waals surface area contributed by atoms with Gasteiger partial charge in [-0.3, -0.25) is 9.78 Å². The number of amides is 1. The van der Waals surface area contributed by atoms with Gasteiger partial charge in [0.15, 0.2) is 5.82 Å². The van der Waals surface area contributed by atoms with E-state index in [2.05, 4.69) is 16.0 Å². The molecule has 1 fully saturated rings. The number of rotatable bonds is 3. The van der Waals surface area contributed by atoms with Gasteiger partial charge >= 0.3 is 0 Å². The highest BCUT2D eigenvalue weighted by Crippen LogP contribution is 2.31. The molecule has 5 rings (SSSR count). The Morgan fingerprint density at radius 1 is 1.00 bits per heavy atom. The number of hydrogen-bond acceptors (Lipinski definition) is 6. The second-order valence-corrected chi connectivity index (χ2v) is 8.25.